The lowest BCUT2D eigenvalue weighted by Crippen LogP contribution is -2.71. The van der Waals surface area contributed by atoms with Gasteiger partial charge in [0.25, 0.3) is 5.91 Å². The van der Waals surface area contributed by atoms with Crippen LogP contribution < -0.4 is 5.32 Å². The minimum Gasteiger partial charge on any atom is -0.381 e. The van der Waals surface area contributed by atoms with Crippen LogP contribution in [0.5, 0.6) is 0 Å². The van der Waals surface area contributed by atoms with Gasteiger partial charge in [0.15, 0.2) is 0 Å². The molecule has 136 valence electrons. The van der Waals surface area contributed by atoms with Gasteiger partial charge >= 0.3 is 0 Å². The molecule has 5 heteroatoms. The number of nitrogens with one attached hydrogen (secondary N) is 1. The van der Waals surface area contributed by atoms with Gasteiger partial charge in [-0.05, 0) is 57.6 Å². The first-order valence-electron chi connectivity index (χ1n) is 9.70. The fourth-order valence-corrected chi connectivity index (χ4v) is 4.89. The number of ether oxygens (including phenoxy) is 1. The van der Waals surface area contributed by atoms with E-state index in [4.69, 9.17) is 4.74 Å². The van der Waals surface area contributed by atoms with Gasteiger partial charge < -0.3 is 15.0 Å². The molecule has 3 heterocycles. The molecule has 0 radical (unpaired) electrons. The summed E-state index contributed by atoms with van der Waals surface area (Å²) in [7, 11) is 0. The summed E-state index contributed by atoms with van der Waals surface area (Å²) in [5, 5.41) is 3.27. The summed E-state index contributed by atoms with van der Waals surface area (Å²) < 4.78 is 5.54. The van der Waals surface area contributed by atoms with Crippen LogP contribution in [0.1, 0.15) is 56.3 Å². The molecule has 2 saturated heterocycles. The van der Waals surface area contributed by atoms with E-state index < -0.39 is 0 Å². The van der Waals surface area contributed by atoms with Gasteiger partial charge in [-0.2, -0.15) is 0 Å². The zero-order chi connectivity index (χ0) is 17.4. The zero-order valence-electron chi connectivity index (χ0n) is 15.3. The van der Waals surface area contributed by atoms with Crippen LogP contribution in [0, 0.1) is 11.3 Å². The van der Waals surface area contributed by atoms with Gasteiger partial charge in [-0.15, -0.1) is 0 Å². The highest BCUT2D eigenvalue weighted by atomic mass is 16.5. The summed E-state index contributed by atoms with van der Waals surface area (Å²) in [6.07, 6.45) is 7.79. The normalized spacial score (nSPS) is 25.6. The van der Waals surface area contributed by atoms with E-state index in [1.54, 1.807) is 6.20 Å². The Hall–Kier alpha value is -1.62. The van der Waals surface area contributed by atoms with Crippen molar-refractivity contribution in [2.75, 3.05) is 25.1 Å². The molecule has 3 aliphatic rings. The van der Waals surface area contributed by atoms with Gasteiger partial charge in [0.1, 0.15) is 5.82 Å². The first-order chi connectivity index (χ1) is 12.1. The third kappa shape index (κ3) is 3.03. The molecular weight excluding hydrogens is 314 g/mol. The maximum absolute atomic E-state index is 13.1. The maximum atomic E-state index is 13.1. The highest BCUT2D eigenvalue weighted by molar-refractivity contribution is 5.95. The number of likely N-dealkylation sites (tertiary alicyclic amines) is 1. The van der Waals surface area contributed by atoms with E-state index in [1.165, 1.54) is 19.3 Å². The first kappa shape index (κ1) is 16.8. The second-order valence-corrected chi connectivity index (χ2v) is 8.27. The Morgan fingerprint density at radius 3 is 2.64 bits per heavy atom. The van der Waals surface area contributed by atoms with Crippen molar-refractivity contribution in [3.8, 4) is 0 Å². The lowest BCUT2D eigenvalue weighted by molar-refractivity contribution is -0.140. The van der Waals surface area contributed by atoms with Crippen molar-refractivity contribution in [3.63, 3.8) is 0 Å². The standard InChI is InChI=1S/C20H29N3O2/c1-14(2)22-17-5-4-16(12-21-17)19(24)23-13-20(8-3-9-20)18(23)15-6-10-25-11-7-15/h4-5,12,14-15,18H,3,6-11,13H2,1-2H3,(H,21,22). The third-order valence-electron chi connectivity index (χ3n) is 6.22. The molecule has 0 bridgehead atoms. The monoisotopic (exact) mass is 343 g/mol. The number of hydrogen-bond acceptors (Lipinski definition) is 4. The smallest absolute Gasteiger partial charge is 0.255 e. The summed E-state index contributed by atoms with van der Waals surface area (Å²) in [6.45, 7) is 6.78. The molecule has 1 spiro atoms. The second kappa shape index (κ2) is 6.60. The predicted octanol–water partition coefficient (Wildman–Crippen LogP) is 3.32. The van der Waals surface area contributed by atoms with Crippen molar-refractivity contribution in [3.05, 3.63) is 23.9 Å². The zero-order valence-corrected chi connectivity index (χ0v) is 15.3. The predicted molar refractivity (Wildman–Crippen MR) is 97.6 cm³/mol. The average Bonchev–Trinajstić information content (AvgIpc) is 2.53. The number of amides is 1. The minimum absolute atomic E-state index is 0.151. The van der Waals surface area contributed by atoms with Crippen molar-refractivity contribution in [2.45, 2.75) is 58.0 Å². The number of aromatic nitrogens is 1. The Kier molecular flexibility index (Phi) is 4.44. The molecule has 1 aromatic rings. The molecule has 0 aromatic carbocycles. The number of carbonyl (C=O) groups excluding carboxylic acids is 1. The highest BCUT2D eigenvalue weighted by Gasteiger charge is 2.59. The van der Waals surface area contributed by atoms with E-state index in [9.17, 15) is 4.79 Å². The fourth-order valence-electron chi connectivity index (χ4n) is 4.89. The molecule has 1 amide bonds. The van der Waals surface area contributed by atoms with Crippen LogP contribution in [-0.4, -0.2) is 47.6 Å². The van der Waals surface area contributed by atoms with Crippen LogP contribution in [0.4, 0.5) is 5.82 Å². The summed E-state index contributed by atoms with van der Waals surface area (Å²) in [6, 6.07) is 4.56. The van der Waals surface area contributed by atoms with E-state index in [0.717, 1.165) is 38.4 Å². The van der Waals surface area contributed by atoms with Crippen molar-refractivity contribution in [1.29, 1.82) is 0 Å². The first-order valence-corrected chi connectivity index (χ1v) is 9.70. The molecule has 1 atom stereocenters. The minimum atomic E-state index is 0.151. The number of hydrogen-bond donors (Lipinski definition) is 1. The summed E-state index contributed by atoms with van der Waals surface area (Å²) in [5.74, 6) is 1.57. The maximum Gasteiger partial charge on any atom is 0.255 e. The van der Waals surface area contributed by atoms with Gasteiger partial charge in [0, 0.05) is 43.5 Å². The third-order valence-corrected chi connectivity index (χ3v) is 6.22. The molecular formula is C20H29N3O2. The summed E-state index contributed by atoms with van der Waals surface area (Å²) >= 11 is 0. The number of anilines is 1. The molecule has 1 aliphatic carbocycles. The average molecular weight is 343 g/mol. The van der Waals surface area contributed by atoms with Crippen LogP contribution in [0.25, 0.3) is 0 Å². The molecule has 5 nitrogen and oxygen atoms in total. The Balaban J connectivity index is 1.49. The van der Waals surface area contributed by atoms with E-state index >= 15 is 0 Å². The topological polar surface area (TPSA) is 54.5 Å². The van der Waals surface area contributed by atoms with Crippen molar-refractivity contribution < 1.29 is 9.53 Å². The lowest BCUT2D eigenvalue weighted by Gasteiger charge is -2.65. The van der Waals surface area contributed by atoms with E-state index in [-0.39, 0.29) is 5.91 Å². The van der Waals surface area contributed by atoms with Crippen molar-refractivity contribution in [2.24, 2.45) is 11.3 Å². The SMILES string of the molecule is CC(C)Nc1ccc(C(=O)N2CC3(CCC3)C2C2CCOCC2)cn1. The van der Waals surface area contributed by atoms with Gasteiger partial charge in [-0.3, -0.25) is 4.79 Å². The van der Waals surface area contributed by atoms with E-state index in [0.29, 0.717) is 29.0 Å². The van der Waals surface area contributed by atoms with Crippen LogP contribution in [0.2, 0.25) is 0 Å². The van der Waals surface area contributed by atoms with Gasteiger partial charge in [-0.1, -0.05) is 6.42 Å². The summed E-state index contributed by atoms with van der Waals surface area (Å²) in [5.41, 5.74) is 1.12. The number of carbonyl (C=O) groups is 1. The molecule has 1 saturated carbocycles. The lowest BCUT2D eigenvalue weighted by atomic mass is 9.54. The van der Waals surface area contributed by atoms with Crippen LogP contribution in [0.15, 0.2) is 18.3 Å². The number of nitrogens with zero attached hydrogens (tertiary/aromatic N) is 2. The molecule has 1 unspecified atom stereocenters. The Morgan fingerprint density at radius 1 is 1.32 bits per heavy atom. The molecule has 2 aliphatic heterocycles. The molecule has 3 fully saturated rings. The van der Waals surface area contributed by atoms with Crippen LogP contribution >= 0.6 is 0 Å². The second-order valence-electron chi connectivity index (χ2n) is 8.27. The Bertz CT molecular complexity index is 618. The molecule has 1 aromatic heterocycles. The Labute approximate surface area is 150 Å². The highest BCUT2D eigenvalue weighted by Crippen LogP contribution is 2.56. The van der Waals surface area contributed by atoms with Gasteiger partial charge in [-0.25, -0.2) is 4.98 Å². The van der Waals surface area contributed by atoms with Crippen LogP contribution in [-0.2, 0) is 4.74 Å². The van der Waals surface area contributed by atoms with E-state index in [2.05, 4.69) is 29.0 Å². The summed E-state index contributed by atoms with van der Waals surface area (Å²) in [4.78, 5) is 19.6. The van der Waals surface area contributed by atoms with Gasteiger partial charge in [0.05, 0.1) is 5.56 Å². The number of rotatable bonds is 4. The molecule has 4 rings (SSSR count). The van der Waals surface area contributed by atoms with Gasteiger partial charge in [0.2, 0.25) is 0 Å². The quantitative estimate of drug-likeness (QED) is 0.911. The van der Waals surface area contributed by atoms with Crippen molar-refractivity contribution in [1.82, 2.24) is 9.88 Å². The fraction of sp³-hybridized carbons (Fsp3) is 0.700. The molecule has 1 N–H and O–H groups in total. The van der Waals surface area contributed by atoms with Crippen molar-refractivity contribution >= 4 is 11.7 Å². The Morgan fingerprint density at radius 2 is 2.08 bits per heavy atom. The van der Waals surface area contributed by atoms with E-state index in [1.807, 2.05) is 12.1 Å². The molecule has 25 heavy (non-hydrogen) atoms. The van der Waals surface area contributed by atoms with Crippen LogP contribution in [0.3, 0.4) is 0 Å². The largest absolute Gasteiger partial charge is 0.381 e. The number of pyridine rings is 1.